The molecule has 0 atom stereocenters. The number of hydrogen-bond donors (Lipinski definition) is 0. The van der Waals surface area contributed by atoms with E-state index in [1.807, 2.05) is 41.0 Å². The minimum absolute atomic E-state index is 0.0778. The van der Waals surface area contributed by atoms with Gasteiger partial charge in [0.1, 0.15) is 0 Å². The van der Waals surface area contributed by atoms with Gasteiger partial charge < -0.3 is 0 Å². The second kappa shape index (κ2) is 9.71. The Morgan fingerprint density at radius 3 is 2.06 bits per heavy atom. The monoisotopic (exact) mass is 428 g/mol. The first kappa shape index (κ1) is 21.0. The van der Waals surface area contributed by atoms with Crippen LogP contribution in [0.4, 0.5) is 0 Å². The predicted molar refractivity (Wildman–Crippen MR) is 125 cm³/mol. The summed E-state index contributed by atoms with van der Waals surface area (Å²) in [4.78, 5) is 16.8. The average molecular weight is 429 g/mol. The van der Waals surface area contributed by atoms with Crippen molar-refractivity contribution < 1.29 is 4.79 Å². The van der Waals surface area contributed by atoms with Crippen molar-refractivity contribution in [3.63, 3.8) is 0 Å². The van der Waals surface area contributed by atoms with Crippen LogP contribution in [0.2, 0.25) is 0 Å². The van der Waals surface area contributed by atoms with E-state index in [1.54, 1.807) is 12.4 Å². The Bertz CT molecular complexity index is 1150. The van der Waals surface area contributed by atoms with Gasteiger partial charge >= 0.3 is 0 Å². The van der Waals surface area contributed by atoms with E-state index >= 15 is 0 Å². The number of benzene rings is 2. The van der Waals surface area contributed by atoms with Crippen molar-refractivity contribution in [3.8, 4) is 17.1 Å². The molecule has 0 amide bonds. The number of hydrogen-bond acceptors (Lipinski definition) is 5. The fraction of sp³-hybridized carbons (Fsp3) is 0.200. The Morgan fingerprint density at radius 2 is 1.45 bits per heavy atom. The largest absolute Gasteiger partial charge is 0.293 e. The third-order valence-corrected chi connectivity index (χ3v) is 6.12. The molecule has 0 aliphatic carbocycles. The Labute approximate surface area is 186 Å². The van der Waals surface area contributed by atoms with Crippen molar-refractivity contribution >= 4 is 17.5 Å². The van der Waals surface area contributed by atoms with E-state index in [1.165, 1.54) is 22.9 Å². The Balaban J connectivity index is 1.63. The Hall–Kier alpha value is -3.25. The molecular weight excluding hydrogens is 404 g/mol. The molecule has 0 aliphatic heterocycles. The number of aryl methyl sites for hydroxylation is 2. The zero-order valence-corrected chi connectivity index (χ0v) is 18.5. The van der Waals surface area contributed by atoms with E-state index < -0.39 is 0 Å². The molecule has 6 heteroatoms. The summed E-state index contributed by atoms with van der Waals surface area (Å²) in [6, 6.07) is 20.0. The van der Waals surface area contributed by atoms with Crippen LogP contribution in [0.1, 0.15) is 35.3 Å². The van der Waals surface area contributed by atoms with Gasteiger partial charge in [0.25, 0.3) is 0 Å². The zero-order valence-electron chi connectivity index (χ0n) is 17.7. The van der Waals surface area contributed by atoms with E-state index in [4.69, 9.17) is 0 Å². The third kappa shape index (κ3) is 4.75. The lowest BCUT2D eigenvalue weighted by atomic mass is 10.1. The van der Waals surface area contributed by atoms with Crippen LogP contribution in [-0.2, 0) is 12.8 Å². The summed E-state index contributed by atoms with van der Waals surface area (Å²) in [5, 5.41) is 9.53. The fourth-order valence-electron chi connectivity index (χ4n) is 3.30. The van der Waals surface area contributed by atoms with Crippen LogP contribution in [0.5, 0.6) is 0 Å². The van der Waals surface area contributed by atoms with Gasteiger partial charge in [-0.3, -0.25) is 14.3 Å². The molecule has 0 aliphatic rings. The maximum Gasteiger partial charge on any atom is 0.196 e. The molecule has 5 nitrogen and oxygen atoms in total. The van der Waals surface area contributed by atoms with Crippen LogP contribution >= 0.6 is 11.8 Å². The lowest BCUT2D eigenvalue weighted by Gasteiger charge is -2.11. The van der Waals surface area contributed by atoms with Crippen LogP contribution in [0.3, 0.4) is 0 Å². The maximum atomic E-state index is 12.7. The lowest BCUT2D eigenvalue weighted by molar-refractivity contribution is 0.102. The minimum atomic E-state index is 0.0778. The summed E-state index contributed by atoms with van der Waals surface area (Å²) in [7, 11) is 0. The van der Waals surface area contributed by atoms with Crippen LogP contribution in [0.25, 0.3) is 17.1 Å². The van der Waals surface area contributed by atoms with Crippen molar-refractivity contribution in [2.75, 3.05) is 5.75 Å². The van der Waals surface area contributed by atoms with Gasteiger partial charge in [-0.1, -0.05) is 62.0 Å². The molecule has 2 aromatic carbocycles. The van der Waals surface area contributed by atoms with Gasteiger partial charge in [-0.25, -0.2) is 0 Å². The van der Waals surface area contributed by atoms with Crippen molar-refractivity contribution in [1.29, 1.82) is 0 Å². The summed E-state index contributed by atoms with van der Waals surface area (Å²) in [5.74, 6) is 1.11. The van der Waals surface area contributed by atoms with Crippen LogP contribution in [-0.4, -0.2) is 31.3 Å². The molecule has 4 aromatic rings. The van der Waals surface area contributed by atoms with Crippen molar-refractivity contribution in [3.05, 3.63) is 89.7 Å². The van der Waals surface area contributed by atoms with Gasteiger partial charge in [-0.05, 0) is 48.2 Å². The van der Waals surface area contributed by atoms with Crippen molar-refractivity contribution in [1.82, 2.24) is 19.7 Å². The van der Waals surface area contributed by atoms with Crippen LogP contribution < -0.4 is 0 Å². The highest BCUT2D eigenvalue weighted by Crippen LogP contribution is 2.28. The van der Waals surface area contributed by atoms with E-state index in [9.17, 15) is 4.79 Å². The molecule has 156 valence electrons. The van der Waals surface area contributed by atoms with E-state index in [2.05, 4.69) is 53.3 Å². The smallest absolute Gasteiger partial charge is 0.196 e. The molecule has 0 saturated carbocycles. The topological polar surface area (TPSA) is 60.7 Å². The quantitative estimate of drug-likeness (QED) is 0.277. The number of aromatic nitrogens is 4. The van der Waals surface area contributed by atoms with Gasteiger partial charge in [-0.15, -0.1) is 10.2 Å². The molecule has 0 bridgehead atoms. The Morgan fingerprint density at radius 1 is 0.839 bits per heavy atom. The second-order valence-electron chi connectivity index (χ2n) is 7.16. The van der Waals surface area contributed by atoms with E-state index in [0.717, 1.165) is 35.5 Å². The molecule has 31 heavy (non-hydrogen) atoms. The molecule has 0 N–H and O–H groups in total. The van der Waals surface area contributed by atoms with E-state index in [0.29, 0.717) is 10.9 Å². The molecule has 0 saturated heterocycles. The van der Waals surface area contributed by atoms with Gasteiger partial charge in [-0.2, -0.15) is 0 Å². The number of pyridine rings is 1. The highest BCUT2D eigenvalue weighted by atomic mass is 32.2. The number of ketones is 1. The zero-order chi connectivity index (χ0) is 21.6. The summed E-state index contributed by atoms with van der Waals surface area (Å²) < 4.78 is 2.01. The van der Waals surface area contributed by atoms with Gasteiger partial charge in [0.2, 0.25) is 0 Å². The number of Topliss-reactive ketones (excluding diaryl/α,β-unsaturated/α-hetero) is 1. The van der Waals surface area contributed by atoms with E-state index in [-0.39, 0.29) is 5.78 Å². The summed E-state index contributed by atoms with van der Waals surface area (Å²) >= 11 is 1.40. The summed E-state index contributed by atoms with van der Waals surface area (Å²) in [5.41, 5.74) is 5.10. The van der Waals surface area contributed by atoms with Gasteiger partial charge in [0.05, 0.1) is 5.75 Å². The maximum absolute atomic E-state index is 12.7. The Kier molecular flexibility index (Phi) is 6.57. The fourth-order valence-corrected chi connectivity index (χ4v) is 4.15. The molecule has 0 radical (unpaired) electrons. The lowest BCUT2D eigenvalue weighted by Crippen LogP contribution is -2.05. The first-order valence-electron chi connectivity index (χ1n) is 10.4. The molecule has 0 fully saturated rings. The number of rotatable bonds is 8. The highest BCUT2D eigenvalue weighted by Gasteiger charge is 2.18. The van der Waals surface area contributed by atoms with Crippen molar-refractivity contribution in [2.24, 2.45) is 0 Å². The molecular formula is C25H24N4OS. The molecule has 0 spiro atoms. The SMILES string of the molecule is CCc1ccc(C(=O)CSc2nnc(-c3ccncc3)n2-c2ccc(CC)cc2)cc1. The standard InChI is InChI=1S/C25H24N4OS/c1-3-18-5-9-20(10-6-18)23(30)17-31-25-28-27-24(21-13-15-26-16-14-21)29(25)22-11-7-19(4-2)8-12-22/h5-16H,3-4,17H2,1-2H3. The molecule has 2 heterocycles. The number of carbonyl (C=O) groups excluding carboxylic acids is 1. The number of nitrogens with zero attached hydrogens (tertiary/aromatic N) is 4. The van der Waals surface area contributed by atoms with Crippen LogP contribution in [0.15, 0.2) is 78.2 Å². The highest BCUT2D eigenvalue weighted by molar-refractivity contribution is 7.99. The van der Waals surface area contributed by atoms with Gasteiger partial charge in [0, 0.05) is 29.2 Å². The molecule has 4 rings (SSSR count). The van der Waals surface area contributed by atoms with Crippen LogP contribution in [0, 0.1) is 0 Å². The normalized spacial score (nSPS) is 10.9. The second-order valence-corrected chi connectivity index (χ2v) is 8.10. The molecule has 0 unspecified atom stereocenters. The minimum Gasteiger partial charge on any atom is -0.293 e. The summed E-state index contributed by atoms with van der Waals surface area (Å²) in [6.07, 6.45) is 5.42. The first-order valence-corrected chi connectivity index (χ1v) is 11.4. The summed E-state index contributed by atoms with van der Waals surface area (Å²) in [6.45, 7) is 4.24. The predicted octanol–water partition coefficient (Wildman–Crippen LogP) is 5.43. The first-order chi connectivity index (χ1) is 15.2. The van der Waals surface area contributed by atoms with Gasteiger partial charge in [0.15, 0.2) is 16.8 Å². The average Bonchev–Trinajstić information content (AvgIpc) is 3.27. The third-order valence-electron chi connectivity index (χ3n) is 5.19. The molecule has 2 aromatic heterocycles. The van der Waals surface area contributed by atoms with Crippen molar-refractivity contribution in [2.45, 2.75) is 31.8 Å². The number of thioether (sulfide) groups is 1. The number of carbonyl (C=O) groups is 1.